The van der Waals surface area contributed by atoms with E-state index in [0.29, 0.717) is 31.1 Å². The summed E-state index contributed by atoms with van der Waals surface area (Å²) in [6.45, 7) is 5.47. The maximum absolute atomic E-state index is 12.9. The van der Waals surface area contributed by atoms with Crippen LogP contribution in [0.5, 0.6) is 0 Å². The minimum absolute atomic E-state index is 0.0892. The van der Waals surface area contributed by atoms with E-state index in [4.69, 9.17) is 0 Å². The van der Waals surface area contributed by atoms with E-state index < -0.39 is 16.1 Å². The minimum Gasteiger partial charge on any atom is -0.341 e. The number of carbonyl (C=O) groups is 1. The van der Waals surface area contributed by atoms with Gasteiger partial charge < -0.3 is 4.90 Å². The molecule has 1 fully saturated rings. The largest absolute Gasteiger partial charge is 0.341 e. The molecule has 1 saturated heterocycles. The number of amides is 1. The van der Waals surface area contributed by atoms with Crippen molar-refractivity contribution in [3.8, 4) is 0 Å². The van der Waals surface area contributed by atoms with Crippen molar-refractivity contribution in [1.82, 2.24) is 4.90 Å². The average Bonchev–Trinajstić information content (AvgIpc) is 2.52. The average molecular weight is 338 g/mol. The molecule has 1 unspecified atom stereocenters. The van der Waals surface area contributed by atoms with Crippen molar-refractivity contribution in [3.63, 3.8) is 0 Å². The normalized spacial score (nSPS) is 17.8. The highest BCUT2D eigenvalue weighted by molar-refractivity contribution is 7.92. The van der Waals surface area contributed by atoms with E-state index in [1.807, 2.05) is 17.9 Å². The summed E-state index contributed by atoms with van der Waals surface area (Å²) in [5, 5.41) is 0. The zero-order chi connectivity index (χ0) is 17.0. The summed E-state index contributed by atoms with van der Waals surface area (Å²) in [7, 11) is -3.54. The monoisotopic (exact) mass is 338 g/mol. The fraction of sp³-hybridized carbons (Fsp3) is 0.588. The topological polar surface area (TPSA) is 57.7 Å². The minimum atomic E-state index is -3.54. The van der Waals surface area contributed by atoms with E-state index >= 15 is 0 Å². The van der Waals surface area contributed by atoms with Crippen molar-refractivity contribution in [1.29, 1.82) is 0 Å². The molecule has 0 spiro atoms. The van der Waals surface area contributed by atoms with Gasteiger partial charge in [0.25, 0.3) is 0 Å². The lowest BCUT2D eigenvalue weighted by atomic mass is 9.98. The molecule has 1 aliphatic heterocycles. The van der Waals surface area contributed by atoms with Crippen LogP contribution in [0.1, 0.15) is 33.1 Å². The van der Waals surface area contributed by atoms with Crippen molar-refractivity contribution in [2.24, 2.45) is 5.92 Å². The Bertz CT molecular complexity index is 622. The molecule has 128 valence electrons. The highest BCUT2D eigenvalue weighted by atomic mass is 32.2. The summed E-state index contributed by atoms with van der Waals surface area (Å²) in [4.78, 5) is 14.7. The van der Waals surface area contributed by atoms with Gasteiger partial charge in [0.05, 0.1) is 11.9 Å². The molecule has 0 radical (unpaired) electrons. The molecular formula is C17H26N2O3S. The lowest BCUT2D eigenvalue weighted by Gasteiger charge is -2.37. The van der Waals surface area contributed by atoms with Crippen LogP contribution in [0.4, 0.5) is 5.69 Å². The number of rotatable bonds is 5. The summed E-state index contributed by atoms with van der Waals surface area (Å²) < 4.78 is 25.9. The molecular weight excluding hydrogens is 312 g/mol. The predicted molar refractivity (Wildman–Crippen MR) is 92.8 cm³/mol. The van der Waals surface area contributed by atoms with Crippen LogP contribution < -0.4 is 4.31 Å². The second-order valence-electron chi connectivity index (χ2n) is 6.33. The lowest BCUT2D eigenvalue weighted by molar-refractivity contribution is -0.133. The Morgan fingerprint density at radius 3 is 2.30 bits per heavy atom. The van der Waals surface area contributed by atoms with Crippen LogP contribution in [0.25, 0.3) is 0 Å². The molecule has 0 aromatic heterocycles. The molecule has 0 N–H and O–H groups in total. The first-order valence-corrected chi connectivity index (χ1v) is 10.0. The first-order valence-electron chi connectivity index (χ1n) is 8.17. The van der Waals surface area contributed by atoms with Gasteiger partial charge in [-0.05, 0) is 37.3 Å². The molecule has 1 amide bonds. The molecule has 23 heavy (non-hydrogen) atoms. The van der Waals surface area contributed by atoms with Crippen molar-refractivity contribution in [2.45, 2.75) is 39.2 Å². The second kappa shape index (κ2) is 7.34. The van der Waals surface area contributed by atoms with E-state index in [0.717, 1.165) is 19.1 Å². The number of hydrogen-bond acceptors (Lipinski definition) is 3. The van der Waals surface area contributed by atoms with Gasteiger partial charge in [0.1, 0.15) is 6.04 Å². The molecule has 0 bridgehead atoms. The Kier molecular flexibility index (Phi) is 5.68. The van der Waals surface area contributed by atoms with Gasteiger partial charge in [-0.3, -0.25) is 9.10 Å². The number of benzene rings is 1. The summed E-state index contributed by atoms with van der Waals surface area (Å²) in [6.07, 6.45) is 3.57. The predicted octanol–water partition coefficient (Wildman–Crippen LogP) is 2.49. The number of hydrogen-bond donors (Lipinski definition) is 0. The summed E-state index contributed by atoms with van der Waals surface area (Å²) in [5.41, 5.74) is 0.542. The molecule has 1 aromatic carbocycles. The smallest absolute Gasteiger partial charge is 0.246 e. The van der Waals surface area contributed by atoms with Gasteiger partial charge >= 0.3 is 0 Å². The Morgan fingerprint density at radius 2 is 1.83 bits per heavy atom. The van der Waals surface area contributed by atoms with Crippen molar-refractivity contribution in [3.05, 3.63) is 30.3 Å². The van der Waals surface area contributed by atoms with Gasteiger partial charge in [0.2, 0.25) is 15.9 Å². The van der Waals surface area contributed by atoms with E-state index in [2.05, 4.69) is 6.92 Å². The molecule has 1 aliphatic rings. The van der Waals surface area contributed by atoms with E-state index in [-0.39, 0.29) is 5.91 Å². The third-order valence-electron chi connectivity index (χ3n) is 4.42. The lowest BCUT2D eigenvalue weighted by Crippen LogP contribution is -2.52. The Hall–Kier alpha value is -1.56. The summed E-state index contributed by atoms with van der Waals surface area (Å²) in [6, 6.07) is 8.19. The van der Waals surface area contributed by atoms with Crippen LogP contribution in [0.15, 0.2) is 30.3 Å². The number of nitrogens with zero attached hydrogens (tertiary/aromatic N) is 2. The number of sulfonamides is 1. The Balaban J connectivity index is 2.30. The molecule has 1 heterocycles. The van der Waals surface area contributed by atoms with Gasteiger partial charge in [-0.25, -0.2) is 8.42 Å². The van der Waals surface area contributed by atoms with Crippen LogP contribution >= 0.6 is 0 Å². The Labute approximate surface area is 139 Å². The number of para-hydroxylation sites is 1. The van der Waals surface area contributed by atoms with Crippen LogP contribution in [0.3, 0.4) is 0 Å². The quantitative estimate of drug-likeness (QED) is 0.829. The molecule has 0 saturated carbocycles. The molecule has 2 rings (SSSR count). The zero-order valence-corrected chi connectivity index (χ0v) is 14.9. The van der Waals surface area contributed by atoms with Gasteiger partial charge in [-0.15, -0.1) is 0 Å². The van der Waals surface area contributed by atoms with Gasteiger partial charge in [0, 0.05) is 13.1 Å². The van der Waals surface area contributed by atoms with Crippen LogP contribution in [-0.2, 0) is 14.8 Å². The SMILES string of the molecule is CCC(C(=O)N1CCC(C)CC1)N(c1ccccc1)S(C)(=O)=O. The molecule has 1 aromatic rings. The fourth-order valence-corrected chi connectivity index (χ4v) is 4.26. The van der Waals surface area contributed by atoms with Crippen molar-refractivity contribution >= 4 is 21.6 Å². The summed E-state index contributed by atoms with van der Waals surface area (Å²) in [5.74, 6) is 0.535. The summed E-state index contributed by atoms with van der Waals surface area (Å²) >= 11 is 0. The number of piperidine rings is 1. The third kappa shape index (κ3) is 4.25. The number of anilines is 1. The zero-order valence-electron chi connectivity index (χ0n) is 14.1. The maximum atomic E-state index is 12.9. The number of carbonyl (C=O) groups excluding carboxylic acids is 1. The second-order valence-corrected chi connectivity index (χ2v) is 8.19. The fourth-order valence-electron chi connectivity index (χ4n) is 3.06. The molecule has 1 atom stereocenters. The maximum Gasteiger partial charge on any atom is 0.246 e. The first-order chi connectivity index (χ1) is 10.8. The van der Waals surface area contributed by atoms with Crippen LogP contribution in [0, 0.1) is 5.92 Å². The number of likely N-dealkylation sites (tertiary alicyclic amines) is 1. The molecule has 6 heteroatoms. The Morgan fingerprint density at radius 1 is 1.26 bits per heavy atom. The van der Waals surface area contributed by atoms with Crippen LogP contribution in [0.2, 0.25) is 0 Å². The van der Waals surface area contributed by atoms with Gasteiger partial charge in [-0.1, -0.05) is 32.0 Å². The standard InChI is InChI=1S/C17H26N2O3S/c1-4-16(17(20)18-12-10-14(2)11-13-18)19(23(3,21)22)15-8-6-5-7-9-15/h5-9,14,16H,4,10-13H2,1-3H3. The molecule has 0 aliphatic carbocycles. The van der Waals surface area contributed by atoms with Crippen molar-refractivity contribution in [2.75, 3.05) is 23.7 Å². The van der Waals surface area contributed by atoms with Crippen molar-refractivity contribution < 1.29 is 13.2 Å². The van der Waals surface area contributed by atoms with Gasteiger partial charge in [0.15, 0.2) is 0 Å². The van der Waals surface area contributed by atoms with E-state index in [9.17, 15) is 13.2 Å². The van der Waals surface area contributed by atoms with Gasteiger partial charge in [-0.2, -0.15) is 0 Å². The highest BCUT2D eigenvalue weighted by Gasteiger charge is 2.34. The third-order valence-corrected chi connectivity index (χ3v) is 5.60. The first kappa shape index (κ1) is 17.8. The highest BCUT2D eigenvalue weighted by Crippen LogP contribution is 2.25. The van der Waals surface area contributed by atoms with E-state index in [1.54, 1.807) is 24.3 Å². The van der Waals surface area contributed by atoms with Crippen LogP contribution in [-0.4, -0.2) is 44.6 Å². The molecule has 5 nitrogen and oxygen atoms in total. The van der Waals surface area contributed by atoms with E-state index in [1.165, 1.54) is 4.31 Å².